The van der Waals surface area contributed by atoms with Crippen LogP contribution in [0.1, 0.15) is 16.5 Å². The minimum absolute atomic E-state index is 0.285. The highest BCUT2D eigenvalue weighted by molar-refractivity contribution is 5.82. The average molecular weight is 195 g/mol. The van der Waals surface area contributed by atoms with Crippen LogP contribution in [0.15, 0.2) is 16.7 Å². The van der Waals surface area contributed by atoms with Gasteiger partial charge in [0.25, 0.3) is 5.82 Å². The minimum atomic E-state index is -1.17. The van der Waals surface area contributed by atoms with Crippen LogP contribution in [-0.4, -0.2) is 39.2 Å². The summed E-state index contributed by atoms with van der Waals surface area (Å²) in [6.07, 6.45) is 4.07. The quantitative estimate of drug-likeness (QED) is 0.691. The van der Waals surface area contributed by atoms with E-state index < -0.39 is 5.97 Å². The van der Waals surface area contributed by atoms with E-state index in [1.165, 1.54) is 0 Å². The normalized spacial score (nSPS) is 16.3. The first-order valence-electron chi connectivity index (χ1n) is 4.19. The summed E-state index contributed by atoms with van der Waals surface area (Å²) in [7, 11) is 0. The second kappa shape index (κ2) is 3.59. The highest BCUT2D eigenvalue weighted by Gasteiger charge is 2.15. The van der Waals surface area contributed by atoms with E-state index in [4.69, 9.17) is 9.63 Å². The Kier molecular flexibility index (Phi) is 2.28. The van der Waals surface area contributed by atoms with E-state index in [9.17, 15) is 4.79 Å². The fourth-order valence-electron chi connectivity index (χ4n) is 1.25. The molecule has 0 aliphatic carbocycles. The zero-order valence-electron chi connectivity index (χ0n) is 7.38. The van der Waals surface area contributed by atoms with Crippen molar-refractivity contribution in [1.82, 2.24) is 15.0 Å². The molecule has 1 N–H and O–H groups in total. The fourth-order valence-corrected chi connectivity index (χ4v) is 1.25. The van der Waals surface area contributed by atoms with Crippen LogP contribution < -0.4 is 0 Å². The van der Waals surface area contributed by atoms with Gasteiger partial charge in [0.1, 0.15) is 0 Å². The number of aromatic carboxylic acids is 1. The highest BCUT2D eigenvalue weighted by atomic mass is 16.5. The molecule has 14 heavy (non-hydrogen) atoms. The van der Waals surface area contributed by atoms with Gasteiger partial charge in [-0.05, 0) is 5.16 Å². The Balaban J connectivity index is 1.99. The van der Waals surface area contributed by atoms with Gasteiger partial charge in [0.2, 0.25) is 5.89 Å². The summed E-state index contributed by atoms with van der Waals surface area (Å²) < 4.78 is 4.78. The summed E-state index contributed by atoms with van der Waals surface area (Å²) in [5.74, 6) is -1.11. The van der Waals surface area contributed by atoms with Crippen molar-refractivity contribution in [2.75, 3.05) is 13.1 Å². The van der Waals surface area contributed by atoms with Crippen molar-refractivity contribution < 1.29 is 14.4 Å². The third-order valence-corrected chi connectivity index (χ3v) is 1.91. The number of aromatic nitrogens is 2. The molecule has 1 aromatic heterocycles. The van der Waals surface area contributed by atoms with E-state index in [0.717, 1.165) is 13.1 Å². The Morgan fingerprint density at radius 2 is 2.29 bits per heavy atom. The van der Waals surface area contributed by atoms with Crippen molar-refractivity contribution in [3.05, 3.63) is 23.9 Å². The van der Waals surface area contributed by atoms with Crippen LogP contribution in [0.25, 0.3) is 0 Å². The molecule has 0 spiro atoms. The average Bonchev–Trinajstić information content (AvgIpc) is 2.75. The summed E-state index contributed by atoms with van der Waals surface area (Å²) >= 11 is 0. The first-order chi connectivity index (χ1) is 6.75. The summed E-state index contributed by atoms with van der Waals surface area (Å²) in [5.41, 5.74) is 0. The standard InChI is InChI=1S/C8H9N3O3/c12-8(13)7-9-6(14-10-7)5-11-3-1-2-4-11/h1-2H,3-5H2,(H,12,13). The predicted octanol–water partition coefficient (Wildman–Crippen LogP) is 0.140. The lowest BCUT2D eigenvalue weighted by Gasteiger charge is -2.09. The van der Waals surface area contributed by atoms with E-state index >= 15 is 0 Å². The second-order valence-electron chi connectivity index (χ2n) is 2.98. The molecule has 6 heteroatoms. The maximum absolute atomic E-state index is 10.4. The summed E-state index contributed by atoms with van der Waals surface area (Å²) in [4.78, 5) is 16.2. The molecular formula is C8H9N3O3. The van der Waals surface area contributed by atoms with Crippen LogP contribution >= 0.6 is 0 Å². The minimum Gasteiger partial charge on any atom is -0.475 e. The predicted molar refractivity (Wildman–Crippen MR) is 45.7 cm³/mol. The van der Waals surface area contributed by atoms with Crippen LogP contribution in [0, 0.1) is 0 Å². The Hall–Kier alpha value is -1.69. The molecule has 0 amide bonds. The Morgan fingerprint density at radius 3 is 2.86 bits per heavy atom. The van der Waals surface area contributed by atoms with Gasteiger partial charge in [-0.1, -0.05) is 12.2 Å². The third-order valence-electron chi connectivity index (χ3n) is 1.91. The topological polar surface area (TPSA) is 79.5 Å². The van der Waals surface area contributed by atoms with E-state index in [-0.39, 0.29) is 5.82 Å². The van der Waals surface area contributed by atoms with Gasteiger partial charge >= 0.3 is 5.97 Å². The van der Waals surface area contributed by atoms with Crippen LogP contribution in [0.2, 0.25) is 0 Å². The monoisotopic (exact) mass is 195 g/mol. The van der Waals surface area contributed by atoms with Crippen molar-refractivity contribution >= 4 is 5.97 Å². The molecule has 1 aliphatic rings. The van der Waals surface area contributed by atoms with E-state index in [1.54, 1.807) is 0 Å². The largest absolute Gasteiger partial charge is 0.475 e. The number of hydrogen-bond acceptors (Lipinski definition) is 5. The molecule has 0 saturated heterocycles. The van der Waals surface area contributed by atoms with Crippen LogP contribution in [-0.2, 0) is 6.54 Å². The van der Waals surface area contributed by atoms with Crippen molar-refractivity contribution in [3.63, 3.8) is 0 Å². The molecule has 1 aliphatic heterocycles. The summed E-state index contributed by atoms with van der Waals surface area (Å²) in [6, 6.07) is 0. The molecule has 0 radical (unpaired) electrons. The lowest BCUT2D eigenvalue weighted by atomic mass is 10.5. The Bertz CT molecular complexity index is 364. The lowest BCUT2D eigenvalue weighted by Crippen LogP contribution is -2.19. The van der Waals surface area contributed by atoms with Gasteiger partial charge < -0.3 is 9.63 Å². The molecule has 0 saturated carbocycles. The maximum atomic E-state index is 10.4. The molecule has 0 aromatic carbocycles. The number of nitrogens with zero attached hydrogens (tertiary/aromatic N) is 3. The first-order valence-corrected chi connectivity index (χ1v) is 4.19. The number of carboxylic acids is 1. The van der Waals surface area contributed by atoms with Crippen LogP contribution in [0.4, 0.5) is 0 Å². The lowest BCUT2D eigenvalue weighted by molar-refractivity contribution is 0.0680. The van der Waals surface area contributed by atoms with Gasteiger partial charge in [-0.2, -0.15) is 4.98 Å². The molecule has 0 bridgehead atoms. The third kappa shape index (κ3) is 1.80. The Morgan fingerprint density at radius 1 is 1.57 bits per heavy atom. The molecular weight excluding hydrogens is 186 g/mol. The molecule has 0 fully saturated rings. The molecule has 0 unspecified atom stereocenters. The number of rotatable bonds is 3. The van der Waals surface area contributed by atoms with E-state index in [1.807, 2.05) is 12.2 Å². The van der Waals surface area contributed by atoms with E-state index in [2.05, 4.69) is 15.0 Å². The van der Waals surface area contributed by atoms with Gasteiger partial charge in [0.05, 0.1) is 6.54 Å². The van der Waals surface area contributed by atoms with Crippen molar-refractivity contribution in [1.29, 1.82) is 0 Å². The van der Waals surface area contributed by atoms with Crippen molar-refractivity contribution in [2.24, 2.45) is 0 Å². The first kappa shape index (κ1) is 8.89. The van der Waals surface area contributed by atoms with Gasteiger partial charge in [-0.25, -0.2) is 4.79 Å². The Labute approximate surface area is 79.8 Å². The smallest absolute Gasteiger partial charge is 0.377 e. The van der Waals surface area contributed by atoms with Crippen molar-refractivity contribution in [3.8, 4) is 0 Å². The molecule has 2 heterocycles. The molecule has 74 valence electrons. The molecule has 6 nitrogen and oxygen atoms in total. The number of carboxylic acid groups (broad SMARTS) is 1. The van der Waals surface area contributed by atoms with Gasteiger partial charge in [0, 0.05) is 13.1 Å². The van der Waals surface area contributed by atoms with Crippen molar-refractivity contribution in [2.45, 2.75) is 6.54 Å². The van der Waals surface area contributed by atoms with E-state index in [0.29, 0.717) is 12.4 Å². The SMILES string of the molecule is O=C(O)c1noc(CN2CC=CC2)n1. The molecule has 1 aromatic rings. The summed E-state index contributed by atoms with van der Waals surface area (Å²) in [5, 5.41) is 11.9. The maximum Gasteiger partial charge on any atom is 0.377 e. The molecule has 0 atom stereocenters. The van der Waals surface area contributed by atoms with Crippen LogP contribution in [0.3, 0.4) is 0 Å². The van der Waals surface area contributed by atoms with Crippen LogP contribution in [0.5, 0.6) is 0 Å². The zero-order chi connectivity index (χ0) is 9.97. The second-order valence-corrected chi connectivity index (χ2v) is 2.98. The van der Waals surface area contributed by atoms with Gasteiger partial charge in [-0.15, -0.1) is 0 Å². The van der Waals surface area contributed by atoms with Gasteiger partial charge in [0.15, 0.2) is 0 Å². The number of hydrogen-bond donors (Lipinski definition) is 1. The number of carbonyl (C=O) groups is 1. The highest BCUT2D eigenvalue weighted by Crippen LogP contribution is 2.06. The molecule has 2 rings (SSSR count). The fraction of sp³-hybridized carbons (Fsp3) is 0.375. The zero-order valence-corrected chi connectivity index (χ0v) is 7.38. The summed E-state index contributed by atoms with van der Waals surface area (Å²) in [6.45, 7) is 2.17. The van der Waals surface area contributed by atoms with Gasteiger partial charge in [-0.3, -0.25) is 4.90 Å².